The van der Waals surface area contributed by atoms with Gasteiger partial charge in [0.25, 0.3) is 0 Å². The smallest absolute Gasteiger partial charge is 0.234 e. The van der Waals surface area contributed by atoms with Gasteiger partial charge in [0, 0.05) is 39.3 Å². The van der Waals surface area contributed by atoms with E-state index in [2.05, 4.69) is 29.0 Å². The molecule has 2 rings (SSSR count). The van der Waals surface area contributed by atoms with Gasteiger partial charge in [0.15, 0.2) is 0 Å². The van der Waals surface area contributed by atoms with Crippen LogP contribution in [-0.4, -0.2) is 67.7 Å². The highest BCUT2D eigenvalue weighted by molar-refractivity contribution is 5.78. The average Bonchev–Trinajstić information content (AvgIpc) is 2.55. The van der Waals surface area contributed by atoms with Crippen LogP contribution in [-0.2, 0) is 16.1 Å². The number of nitrogens with zero attached hydrogens (tertiary/aromatic N) is 2. The fourth-order valence-electron chi connectivity index (χ4n) is 2.64. The number of rotatable bonds is 8. The summed E-state index contributed by atoms with van der Waals surface area (Å²) in [6.07, 6.45) is 0.296. The molecule has 128 valence electrons. The zero-order valence-electron chi connectivity index (χ0n) is 14.3. The number of carbonyl (C=O) groups excluding carboxylic acids is 1. The second-order valence-electron chi connectivity index (χ2n) is 6.30. The maximum Gasteiger partial charge on any atom is 0.234 e. The molecule has 1 aliphatic rings. The van der Waals surface area contributed by atoms with Gasteiger partial charge in [-0.1, -0.05) is 30.3 Å². The first-order chi connectivity index (χ1) is 11.1. The highest BCUT2D eigenvalue weighted by atomic mass is 16.5. The third-order valence-corrected chi connectivity index (χ3v) is 4.02. The normalized spacial score (nSPS) is 16.7. The predicted molar refractivity (Wildman–Crippen MR) is 92.3 cm³/mol. The van der Waals surface area contributed by atoms with E-state index in [-0.39, 0.29) is 5.91 Å². The topological polar surface area (TPSA) is 44.8 Å². The van der Waals surface area contributed by atoms with Crippen LogP contribution in [0.4, 0.5) is 0 Å². The molecule has 0 spiro atoms. The molecule has 1 heterocycles. The number of benzene rings is 1. The van der Waals surface area contributed by atoms with Crippen molar-refractivity contribution in [3.8, 4) is 0 Å². The quantitative estimate of drug-likeness (QED) is 0.785. The molecule has 1 aliphatic heterocycles. The number of hydrogen-bond acceptors (Lipinski definition) is 4. The summed E-state index contributed by atoms with van der Waals surface area (Å²) in [5.41, 5.74) is 1.14. The minimum atomic E-state index is 0.102. The standard InChI is InChI=1S/C18H29N3O2/c1-16(2)23-13-12-20-8-10-21(11-9-20)15-18(22)19-14-17-6-4-3-5-7-17/h3-7,16H,8-15H2,1-2H3,(H,19,22). The first-order valence-electron chi connectivity index (χ1n) is 8.50. The van der Waals surface area contributed by atoms with E-state index in [0.717, 1.165) is 44.9 Å². The molecule has 5 heteroatoms. The third-order valence-electron chi connectivity index (χ3n) is 4.02. The second kappa shape index (κ2) is 9.65. The van der Waals surface area contributed by atoms with Crippen molar-refractivity contribution < 1.29 is 9.53 Å². The molecule has 5 nitrogen and oxygen atoms in total. The van der Waals surface area contributed by atoms with Crippen molar-refractivity contribution in [2.75, 3.05) is 45.9 Å². The molecule has 0 saturated carbocycles. The number of carbonyl (C=O) groups is 1. The Balaban J connectivity index is 1.59. The summed E-state index contributed by atoms with van der Waals surface area (Å²) in [7, 11) is 0. The average molecular weight is 319 g/mol. The molecule has 0 atom stereocenters. The van der Waals surface area contributed by atoms with Gasteiger partial charge in [0.05, 0.1) is 19.3 Å². The molecular formula is C18H29N3O2. The van der Waals surface area contributed by atoms with Crippen LogP contribution >= 0.6 is 0 Å². The number of ether oxygens (including phenoxy) is 1. The Hall–Kier alpha value is -1.43. The lowest BCUT2D eigenvalue weighted by Gasteiger charge is -2.34. The fraction of sp³-hybridized carbons (Fsp3) is 0.611. The number of amides is 1. The predicted octanol–water partition coefficient (Wildman–Crippen LogP) is 1.35. The monoisotopic (exact) mass is 319 g/mol. The summed E-state index contributed by atoms with van der Waals surface area (Å²) < 4.78 is 5.59. The van der Waals surface area contributed by atoms with Crippen LogP contribution in [0.15, 0.2) is 30.3 Å². The lowest BCUT2D eigenvalue weighted by Crippen LogP contribution is -2.50. The summed E-state index contributed by atoms with van der Waals surface area (Å²) >= 11 is 0. The summed E-state index contributed by atoms with van der Waals surface area (Å²) in [5.74, 6) is 0.102. The van der Waals surface area contributed by atoms with Crippen molar-refractivity contribution in [1.82, 2.24) is 15.1 Å². The van der Waals surface area contributed by atoms with Gasteiger partial charge in [0.1, 0.15) is 0 Å². The van der Waals surface area contributed by atoms with E-state index in [4.69, 9.17) is 4.74 Å². The Morgan fingerprint density at radius 2 is 1.78 bits per heavy atom. The van der Waals surface area contributed by atoms with Gasteiger partial charge in [-0.3, -0.25) is 14.6 Å². The molecule has 0 aliphatic carbocycles. The van der Waals surface area contributed by atoms with Crippen molar-refractivity contribution in [3.05, 3.63) is 35.9 Å². The van der Waals surface area contributed by atoms with E-state index < -0.39 is 0 Å². The molecular weight excluding hydrogens is 290 g/mol. The molecule has 1 fully saturated rings. The Kier molecular flexibility index (Phi) is 7.52. The Morgan fingerprint density at radius 3 is 2.43 bits per heavy atom. The van der Waals surface area contributed by atoms with Gasteiger partial charge in [-0.2, -0.15) is 0 Å². The lowest BCUT2D eigenvalue weighted by molar-refractivity contribution is -0.122. The highest BCUT2D eigenvalue weighted by Crippen LogP contribution is 2.02. The van der Waals surface area contributed by atoms with Crippen molar-refractivity contribution in [2.45, 2.75) is 26.5 Å². The van der Waals surface area contributed by atoms with Crippen LogP contribution < -0.4 is 5.32 Å². The van der Waals surface area contributed by atoms with E-state index in [9.17, 15) is 4.79 Å². The van der Waals surface area contributed by atoms with Crippen molar-refractivity contribution in [2.24, 2.45) is 0 Å². The molecule has 0 unspecified atom stereocenters. The maximum atomic E-state index is 12.0. The van der Waals surface area contributed by atoms with E-state index >= 15 is 0 Å². The van der Waals surface area contributed by atoms with E-state index in [1.165, 1.54) is 0 Å². The van der Waals surface area contributed by atoms with Crippen LogP contribution in [0.5, 0.6) is 0 Å². The Morgan fingerprint density at radius 1 is 1.13 bits per heavy atom. The minimum Gasteiger partial charge on any atom is -0.377 e. The highest BCUT2D eigenvalue weighted by Gasteiger charge is 2.18. The SMILES string of the molecule is CC(C)OCCN1CCN(CC(=O)NCc2ccccc2)CC1. The first-order valence-corrected chi connectivity index (χ1v) is 8.50. The van der Waals surface area contributed by atoms with Gasteiger partial charge in [0.2, 0.25) is 5.91 Å². The summed E-state index contributed by atoms with van der Waals surface area (Å²) in [4.78, 5) is 16.7. The fourth-order valence-corrected chi connectivity index (χ4v) is 2.64. The van der Waals surface area contributed by atoms with E-state index in [1.54, 1.807) is 0 Å². The van der Waals surface area contributed by atoms with Gasteiger partial charge in [-0.05, 0) is 19.4 Å². The third kappa shape index (κ3) is 7.12. The van der Waals surface area contributed by atoms with Crippen LogP contribution in [0.25, 0.3) is 0 Å². The molecule has 0 radical (unpaired) electrons. The van der Waals surface area contributed by atoms with Gasteiger partial charge in [-0.15, -0.1) is 0 Å². The van der Waals surface area contributed by atoms with Crippen LogP contribution in [0.1, 0.15) is 19.4 Å². The molecule has 0 bridgehead atoms. The van der Waals surface area contributed by atoms with E-state index in [0.29, 0.717) is 19.2 Å². The van der Waals surface area contributed by atoms with Gasteiger partial charge < -0.3 is 10.1 Å². The largest absolute Gasteiger partial charge is 0.377 e. The molecule has 23 heavy (non-hydrogen) atoms. The van der Waals surface area contributed by atoms with Crippen molar-refractivity contribution in [3.63, 3.8) is 0 Å². The Bertz CT molecular complexity index is 457. The van der Waals surface area contributed by atoms with Crippen LogP contribution in [0.3, 0.4) is 0 Å². The van der Waals surface area contributed by atoms with Crippen molar-refractivity contribution in [1.29, 1.82) is 0 Å². The number of nitrogens with one attached hydrogen (secondary N) is 1. The molecule has 1 N–H and O–H groups in total. The molecule has 1 aromatic carbocycles. The second-order valence-corrected chi connectivity index (χ2v) is 6.30. The molecule has 1 saturated heterocycles. The van der Waals surface area contributed by atoms with Crippen molar-refractivity contribution >= 4 is 5.91 Å². The molecule has 1 aromatic rings. The van der Waals surface area contributed by atoms with Crippen LogP contribution in [0.2, 0.25) is 0 Å². The van der Waals surface area contributed by atoms with Crippen LogP contribution in [0, 0.1) is 0 Å². The Labute approximate surface area is 139 Å². The number of hydrogen-bond donors (Lipinski definition) is 1. The summed E-state index contributed by atoms with van der Waals surface area (Å²) in [6, 6.07) is 10.0. The minimum absolute atomic E-state index is 0.102. The maximum absolute atomic E-state index is 12.0. The molecule has 0 aromatic heterocycles. The lowest BCUT2D eigenvalue weighted by atomic mass is 10.2. The van der Waals surface area contributed by atoms with Gasteiger partial charge >= 0.3 is 0 Å². The number of piperazine rings is 1. The summed E-state index contributed by atoms with van der Waals surface area (Å²) in [6.45, 7) is 10.9. The zero-order chi connectivity index (χ0) is 16.5. The van der Waals surface area contributed by atoms with E-state index in [1.807, 2.05) is 30.3 Å². The summed E-state index contributed by atoms with van der Waals surface area (Å²) in [5, 5.41) is 2.99. The zero-order valence-corrected chi connectivity index (χ0v) is 14.3. The molecule has 1 amide bonds. The first kappa shape index (κ1) is 17.9. The van der Waals surface area contributed by atoms with Gasteiger partial charge in [-0.25, -0.2) is 0 Å².